The molecule has 0 unspecified atom stereocenters. The van der Waals surface area contributed by atoms with E-state index in [0.29, 0.717) is 12.2 Å². The summed E-state index contributed by atoms with van der Waals surface area (Å²) in [5.41, 5.74) is 0.405. The Kier molecular flexibility index (Phi) is 5.02. The molecule has 0 bridgehead atoms. The number of hydrogen-bond donors (Lipinski definition) is 1. The van der Waals surface area contributed by atoms with E-state index in [1.54, 1.807) is 11.6 Å². The third-order valence-corrected chi connectivity index (χ3v) is 3.37. The average molecular weight is 326 g/mol. The van der Waals surface area contributed by atoms with Crippen molar-refractivity contribution in [2.45, 2.75) is 39.0 Å². The van der Waals surface area contributed by atoms with Crippen LogP contribution in [0.3, 0.4) is 0 Å². The molecule has 1 N–H and O–H groups in total. The van der Waals surface area contributed by atoms with Gasteiger partial charge in [-0.2, -0.15) is 18.3 Å². The summed E-state index contributed by atoms with van der Waals surface area (Å²) in [7, 11) is 0. The maximum atomic E-state index is 13.2. The maximum absolute atomic E-state index is 13.2. The molecule has 8 heteroatoms. The Morgan fingerprint density at radius 2 is 2.13 bits per heavy atom. The Bertz CT molecular complexity index is 667. The van der Waals surface area contributed by atoms with E-state index in [1.807, 2.05) is 12.2 Å². The normalized spacial score (nSPS) is 12.9. The van der Waals surface area contributed by atoms with Crippen molar-refractivity contribution in [1.29, 1.82) is 0 Å². The van der Waals surface area contributed by atoms with Gasteiger partial charge in [-0.3, -0.25) is 14.5 Å². The molecule has 1 atom stereocenters. The summed E-state index contributed by atoms with van der Waals surface area (Å²) in [6, 6.07) is 2.02. The zero-order valence-corrected chi connectivity index (χ0v) is 12.8. The molecule has 0 aliphatic carbocycles. The van der Waals surface area contributed by atoms with Crippen molar-refractivity contribution in [1.82, 2.24) is 20.1 Å². The highest BCUT2D eigenvalue weighted by Gasteiger charge is 2.43. The molecular formula is C15H17F3N4O. The predicted octanol–water partition coefficient (Wildman–Crippen LogP) is 3.03. The first-order valence-corrected chi connectivity index (χ1v) is 7.15. The standard InChI is InChI=1S/C15H17F3N4O/c1-3-8-22-10(2)11(9-20-22)14(23)21-13(15(16,17)18)12-6-4-5-7-19-12/h4-7,9,13H,3,8H2,1-2H3,(H,21,23)/t13-/m0/s1. The van der Waals surface area contributed by atoms with Crippen LogP contribution in [0.2, 0.25) is 0 Å². The molecule has 0 radical (unpaired) electrons. The minimum atomic E-state index is -4.64. The summed E-state index contributed by atoms with van der Waals surface area (Å²) in [5.74, 6) is -0.821. The van der Waals surface area contributed by atoms with E-state index in [-0.39, 0.29) is 11.3 Å². The van der Waals surface area contributed by atoms with Crippen LogP contribution in [0.25, 0.3) is 0 Å². The Balaban J connectivity index is 2.25. The molecule has 124 valence electrons. The van der Waals surface area contributed by atoms with Crippen LogP contribution >= 0.6 is 0 Å². The van der Waals surface area contributed by atoms with Crippen molar-refractivity contribution in [3.05, 3.63) is 47.5 Å². The number of alkyl halides is 3. The second-order valence-corrected chi connectivity index (χ2v) is 5.07. The van der Waals surface area contributed by atoms with Crippen LogP contribution in [0.15, 0.2) is 30.6 Å². The summed E-state index contributed by atoms with van der Waals surface area (Å²) in [6.45, 7) is 4.20. The number of carbonyl (C=O) groups excluding carboxylic acids is 1. The van der Waals surface area contributed by atoms with Gasteiger partial charge in [0, 0.05) is 18.4 Å². The van der Waals surface area contributed by atoms with Gasteiger partial charge in [0.05, 0.1) is 17.5 Å². The average Bonchev–Trinajstić information content (AvgIpc) is 2.86. The number of nitrogens with zero attached hydrogens (tertiary/aromatic N) is 3. The molecule has 2 aromatic rings. The third-order valence-electron chi connectivity index (χ3n) is 3.37. The highest BCUT2D eigenvalue weighted by atomic mass is 19.4. The lowest BCUT2D eigenvalue weighted by atomic mass is 10.1. The van der Waals surface area contributed by atoms with Crippen molar-refractivity contribution in [2.75, 3.05) is 0 Å². The molecule has 2 aromatic heterocycles. The molecule has 0 aromatic carbocycles. The predicted molar refractivity (Wildman–Crippen MR) is 77.8 cm³/mol. The maximum Gasteiger partial charge on any atom is 0.414 e. The van der Waals surface area contributed by atoms with E-state index < -0.39 is 18.1 Å². The van der Waals surface area contributed by atoms with Crippen molar-refractivity contribution < 1.29 is 18.0 Å². The van der Waals surface area contributed by atoms with Crippen LogP contribution in [0, 0.1) is 6.92 Å². The Hall–Kier alpha value is -2.38. The van der Waals surface area contributed by atoms with Gasteiger partial charge in [0.15, 0.2) is 6.04 Å². The lowest BCUT2D eigenvalue weighted by Gasteiger charge is -2.21. The molecule has 0 saturated heterocycles. The van der Waals surface area contributed by atoms with Crippen LogP contribution in [-0.2, 0) is 6.54 Å². The van der Waals surface area contributed by atoms with Gasteiger partial charge in [-0.15, -0.1) is 0 Å². The van der Waals surface area contributed by atoms with Crippen LogP contribution in [-0.4, -0.2) is 26.8 Å². The molecule has 2 heterocycles. The topological polar surface area (TPSA) is 59.8 Å². The summed E-state index contributed by atoms with van der Waals surface area (Å²) < 4.78 is 41.3. The number of pyridine rings is 1. The molecule has 0 aliphatic heterocycles. The number of carbonyl (C=O) groups is 1. The number of amides is 1. The van der Waals surface area contributed by atoms with Gasteiger partial charge in [0.25, 0.3) is 5.91 Å². The molecule has 2 rings (SSSR count). The molecule has 5 nitrogen and oxygen atoms in total. The van der Waals surface area contributed by atoms with Crippen molar-refractivity contribution in [3.8, 4) is 0 Å². The number of hydrogen-bond acceptors (Lipinski definition) is 3. The molecule has 0 fully saturated rings. The number of rotatable bonds is 5. The minimum Gasteiger partial charge on any atom is -0.335 e. The third kappa shape index (κ3) is 3.88. The largest absolute Gasteiger partial charge is 0.414 e. The van der Waals surface area contributed by atoms with Gasteiger partial charge < -0.3 is 5.32 Å². The van der Waals surface area contributed by atoms with Gasteiger partial charge in [-0.1, -0.05) is 13.0 Å². The Morgan fingerprint density at radius 3 is 2.70 bits per heavy atom. The Labute approximate surface area is 131 Å². The smallest absolute Gasteiger partial charge is 0.335 e. The molecule has 0 aliphatic rings. The zero-order chi connectivity index (χ0) is 17.0. The van der Waals surface area contributed by atoms with Gasteiger partial charge in [0.1, 0.15) is 0 Å². The highest BCUT2D eigenvalue weighted by Crippen LogP contribution is 2.31. The van der Waals surface area contributed by atoms with E-state index in [2.05, 4.69) is 10.1 Å². The van der Waals surface area contributed by atoms with Gasteiger partial charge in [-0.05, 0) is 25.5 Å². The first-order chi connectivity index (χ1) is 10.8. The first-order valence-electron chi connectivity index (χ1n) is 7.15. The first kappa shape index (κ1) is 17.0. The van der Waals surface area contributed by atoms with Crippen molar-refractivity contribution in [3.63, 3.8) is 0 Å². The number of halogens is 3. The Morgan fingerprint density at radius 1 is 1.39 bits per heavy atom. The van der Waals surface area contributed by atoms with Gasteiger partial charge >= 0.3 is 6.18 Å². The van der Waals surface area contributed by atoms with Crippen LogP contribution in [0.1, 0.15) is 41.1 Å². The number of aromatic nitrogens is 3. The fourth-order valence-electron chi connectivity index (χ4n) is 2.19. The second-order valence-electron chi connectivity index (χ2n) is 5.07. The van der Waals surface area contributed by atoms with E-state index in [4.69, 9.17) is 0 Å². The van der Waals surface area contributed by atoms with Gasteiger partial charge in [-0.25, -0.2) is 0 Å². The summed E-state index contributed by atoms with van der Waals surface area (Å²) in [6.07, 6.45) is -1.29. The van der Waals surface area contributed by atoms with E-state index >= 15 is 0 Å². The van der Waals surface area contributed by atoms with E-state index in [9.17, 15) is 18.0 Å². The van der Waals surface area contributed by atoms with E-state index in [0.717, 1.165) is 6.42 Å². The summed E-state index contributed by atoms with van der Waals surface area (Å²) >= 11 is 0. The minimum absolute atomic E-state index is 0.128. The number of aryl methyl sites for hydroxylation is 1. The number of nitrogens with one attached hydrogen (secondary N) is 1. The fraction of sp³-hybridized carbons (Fsp3) is 0.400. The van der Waals surface area contributed by atoms with E-state index in [1.165, 1.54) is 30.6 Å². The lowest BCUT2D eigenvalue weighted by molar-refractivity contribution is -0.156. The van der Waals surface area contributed by atoms with Crippen LogP contribution < -0.4 is 5.32 Å². The molecular weight excluding hydrogens is 309 g/mol. The summed E-state index contributed by atoms with van der Waals surface area (Å²) in [4.78, 5) is 15.9. The van der Waals surface area contributed by atoms with Crippen molar-refractivity contribution >= 4 is 5.91 Å². The zero-order valence-electron chi connectivity index (χ0n) is 12.8. The summed E-state index contributed by atoms with van der Waals surface area (Å²) in [5, 5.41) is 6.03. The lowest BCUT2D eigenvalue weighted by Crippen LogP contribution is -2.38. The SMILES string of the molecule is CCCn1ncc(C(=O)N[C@@H](c2ccccn2)C(F)(F)F)c1C. The molecule has 0 saturated carbocycles. The molecule has 23 heavy (non-hydrogen) atoms. The second kappa shape index (κ2) is 6.80. The molecule has 1 amide bonds. The quantitative estimate of drug-likeness (QED) is 0.919. The highest BCUT2D eigenvalue weighted by molar-refractivity contribution is 5.95. The molecule has 0 spiro atoms. The van der Waals surface area contributed by atoms with Crippen LogP contribution in [0.5, 0.6) is 0 Å². The fourth-order valence-corrected chi connectivity index (χ4v) is 2.19. The monoisotopic (exact) mass is 326 g/mol. The van der Waals surface area contributed by atoms with Crippen molar-refractivity contribution in [2.24, 2.45) is 0 Å². The van der Waals surface area contributed by atoms with Gasteiger partial charge in [0.2, 0.25) is 0 Å². The van der Waals surface area contributed by atoms with Crippen LogP contribution in [0.4, 0.5) is 13.2 Å².